The van der Waals surface area contributed by atoms with Crippen LogP contribution in [-0.4, -0.2) is 97.5 Å². The van der Waals surface area contributed by atoms with Crippen molar-refractivity contribution in [3.63, 3.8) is 0 Å². The van der Waals surface area contributed by atoms with Crippen molar-refractivity contribution in [3.05, 3.63) is 60.8 Å². The average Bonchev–Trinajstić information content (AvgIpc) is 3.17. The first-order valence-corrected chi connectivity index (χ1v) is 22.4. The normalized spacial score (nSPS) is 21.4. The lowest BCUT2D eigenvalue weighted by atomic mass is 9.99. The topological polar surface area (TPSA) is 178 Å². The van der Waals surface area contributed by atoms with Gasteiger partial charge in [0.25, 0.3) is 0 Å². The Morgan fingerprint density at radius 2 is 1.23 bits per heavy atom. The molecule has 1 heterocycles. The molecule has 1 fully saturated rings. The molecular weight excluding hydrogens is 741 g/mol. The molecule has 13 heteroatoms. The van der Waals surface area contributed by atoms with E-state index < -0.39 is 59.8 Å². The number of aliphatic hydroxyl groups is 3. The lowest BCUT2D eigenvalue weighted by Gasteiger charge is -2.41. The van der Waals surface area contributed by atoms with Gasteiger partial charge in [-0.3, -0.25) is 9.35 Å². The van der Waals surface area contributed by atoms with Crippen LogP contribution in [0.3, 0.4) is 0 Å². The van der Waals surface area contributed by atoms with E-state index in [1.165, 1.54) is 6.42 Å². The summed E-state index contributed by atoms with van der Waals surface area (Å²) >= 11 is 0. The smallest absolute Gasteiger partial charge is 0.397 e. The highest BCUT2D eigenvalue weighted by molar-refractivity contribution is 7.80. The molecule has 56 heavy (non-hydrogen) atoms. The molecule has 0 aromatic carbocycles. The van der Waals surface area contributed by atoms with Gasteiger partial charge in [0.1, 0.15) is 30.5 Å². The molecule has 12 nitrogen and oxygen atoms in total. The first-order valence-electron chi connectivity index (χ1n) is 21.0. The third-order valence-corrected chi connectivity index (χ3v) is 9.57. The fraction of sp³-hybridized carbons (Fsp3) is 0.744. The average molecular weight is 815 g/mol. The van der Waals surface area contributed by atoms with Gasteiger partial charge in [-0.05, 0) is 70.6 Å². The molecule has 1 rings (SSSR count). The lowest BCUT2D eigenvalue weighted by Crippen LogP contribution is -2.60. The molecular formula is C43H74O12S. The molecule has 6 atom stereocenters. The zero-order valence-corrected chi connectivity index (χ0v) is 35.0. The monoisotopic (exact) mass is 814 g/mol. The largest absolute Gasteiger partial charge is 0.457 e. The molecule has 0 aromatic rings. The van der Waals surface area contributed by atoms with Gasteiger partial charge in [0, 0.05) is 13.0 Å². The van der Waals surface area contributed by atoms with Gasteiger partial charge in [0.2, 0.25) is 0 Å². The number of rotatable bonds is 35. The molecule has 324 valence electrons. The summed E-state index contributed by atoms with van der Waals surface area (Å²) in [5, 5.41) is 30.6. The number of esters is 1. The van der Waals surface area contributed by atoms with Crippen LogP contribution in [0.25, 0.3) is 0 Å². The second-order valence-electron chi connectivity index (χ2n) is 14.2. The first kappa shape index (κ1) is 51.8. The van der Waals surface area contributed by atoms with Crippen molar-refractivity contribution in [3.8, 4) is 0 Å². The van der Waals surface area contributed by atoms with Crippen LogP contribution in [0, 0.1) is 0 Å². The predicted molar refractivity (Wildman–Crippen MR) is 220 cm³/mol. The Bertz CT molecular complexity index is 1220. The number of allylic oxidation sites excluding steroid dienone is 10. The van der Waals surface area contributed by atoms with Crippen molar-refractivity contribution >= 4 is 16.4 Å². The minimum absolute atomic E-state index is 0.0183. The second kappa shape index (κ2) is 34.8. The Hall–Kier alpha value is -2.20. The van der Waals surface area contributed by atoms with E-state index in [0.717, 1.165) is 109 Å². The number of unbranched alkanes of at least 4 members (excludes halogenated alkanes) is 12. The van der Waals surface area contributed by atoms with Crippen LogP contribution in [-0.2, 0) is 38.3 Å². The fourth-order valence-electron chi connectivity index (χ4n) is 5.96. The SMILES string of the molecule is CC/C=C\C/C=C\C/C=C\CCCCCCCCOCC(COC1OC(CO)C(O)C(OS(=O)(=O)O)C1O)OC(=O)CCCCCCC/C=C\C/C=C\CCC. The summed E-state index contributed by atoms with van der Waals surface area (Å²) in [6.45, 7) is 3.74. The highest BCUT2D eigenvalue weighted by Crippen LogP contribution is 2.26. The second-order valence-corrected chi connectivity index (χ2v) is 15.2. The first-order chi connectivity index (χ1) is 27.1. The summed E-state index contributed by atoms with van der Waals surface area (Å²) < 4.78 is 58.9. The zero-order valence-electron chi connectivity index (χ0n) is 34.2. The van der Waals surface area contributed by atoms with E-state index >= 15 is 0 Å². The molecule has 0 radical (unpaired) electrons. The molecule has 0 spiro atoms. The van der Waals surface area contributed by atoms with E-state index in [1.54, 1.807) is 0 Å². The Morgan fingerprint density at radius 1 is 0.696 bits per heavy atom. The maximum absolute atomic E-state index is 12.8. The Labute approximate surface area is 338 Å². The zero-order chi connectivity index (χ0) is 41.1. The molecule has 1 aliphatic rings. The maximum atomic E-state index is 12.8. The number of aliphatic hydroxyl groups excluding tert-OH is 3. The highest BCUT2D eigenvalue weighted by atomic mass is 32.3. The summed E-state index contributed by atoms with van der Waals surface area (Å²) in [5.74, 6) is -0.422. The van der Waals surface area contributed by atoms with Crippen molar-refractivity contribution in [2.75, 3.05) is 26.4 Å². The summed E-state index contributed by atoms with van der Waals surface area (Å²) in [4.78, 5) is 12.8. The summed E-state index contributed by atoms with van der Waals surface area (Å²) in [7, 11) is -5.07. The predicted octanol–water partition coefficient (Wildman–Crippen LogP) is 8.18. The standard InChI is InChI=1S/C43H74O12S/c1-3-5-7-9-11-13-15-17-18-19-21-23-25-27-29-31-33-51-35-37(36-52-43-41(47)42(55-56(48,49)50)40(46)38(34-44)54-43)53-39(45)32-30-28-26-24-22-20-16-14-12-10-8-6-4-2/h5,7-8,10-11,13-14,16-18,37-38,40-44,46-47H,3-4,6,9,12,15,19-36H2,1-2H3,(H,48,49,50)/b7-5-,10-8-,13-11-,16-14-,18-17-. The van der Waals surface area contributed by atoms with Crippen molar-refractivity contribution in [1.82, 2.24) is 0 Å². The molecule has 4 N–H and O–H groups in total. The van der Waals surface area contributed by atoms with Crippen molar-refractivity contribution < 1.29 is 56.2 Å². The Kier molecular flexibility index (Phi) is 32.2. The van der Waals surface area contributed by atoms with Gasteiger partial charge >= 0.3 is 16.4 Å². The van der Waals surface area contributed by atoms with Crippen molar-refractivity contribution in [2.24, 2.45) is 0 Å². The maximum Gasteiger partial charge on any atom is 0.397 e. The fourth-order valence-corrected chi connectivity index (χ4v) is 6.47. The molecule has 1 aliphatic heterocycles. The number of carbonyl (C=O) groups excluding carboxylic acids is 1. The minimum Gasteiger partial charge on any atom is -0.457 e. The van der Waals surface area contributed by atoms with Crippen molar-refractivity contribution in [2.45, 2.75) is 179 Å². The van der Waals surface area contributed by atoms with E-state index in [-0.39, 0.29) is 19.6 Å². The quantitative estimate of drug-likeness (QED) is 0.0209. The van der Waals surface area contributed by atoms with E-state index in [9.17, 15) is 28.5 Å². The number of hydrogen-bond donors (Lipinski definition) is 4. The van der Waals surface area contributed by atoms with E-state index in [4.69, 9.17) is 23.5 Å². The van der Waals surface area contributed by atoms with Crippen molar-refractivity contribution in [1.29, 1.82) is 0 Å². The third kappa shape index (κ3) is 28.2. The van der Waals surface area contributed by atoms with Crippen LogP contribution < -0.4 is 0 Å². The van der Waals surface area contributed by atoms with Gasteiger partial charge in [-0.25, -0.2) is 4.18 Å². The Balaban J connectivity index is 2.49. The van der Waals surface area contributed by atoms with Crippen LogP contribution in [0.4, 0.5) is 0 Å². The van der Waals surface area contributed by atoms with Gasteiger partial charge < -0.3 is 34.3 Å². The summed E-state index contributed by atoms with van der Waals surface area (Å²) in [6.07, 6.45) is 32.6. The van der Waals surface area contributed by atoms with Gasteiger partial charge in [-0.1, -0.05) is 126 Å². The van der Waals surface area contributed by atoms with Crippen LogP contribution in [0.5, 0.6) is 0 Å². The van der Waals surface area contributed by atoms with Gasteiger partial charge in [0.15, 0.2) is 6.29 Å². The number of hydrogen-bond acceptors (Lipinski definition) is 11. The molecule has 0 saturated carbocycles. The van der Waals surface area contributed by atoms with Crippen LogP contribution >= 0.6 is 0 Å². The lowest BCUT2D eigenvalue weighted by molar-refractivity contribution is -0.301. The highest BCUT2D eigenvalue weighted by Gasteiger charge is 2.48. The van der Waals surface area contributed by atoms with E-state index in [1.807, 2.05) is 0 Å². The van der Waals surface area contributed by atoms with Crippen LogP contribution in [0.2, 0.25) is 0 Å². The molecule has 0 aliphatic carbocycles. The number of ether oxygens (including phenoxy) is 4. The van der Waals surface area contributed by atoms with Gasteiger partial charge in [-0.15, -0.1) is 0 Å². The number of carbonyl (C=O) groups is 1. The summed E-state index contributed by atoms with van der Waals surface area (Å²) in [6, 6.07) is 0. The molecule has 6 unspecified atom stereocenters. The van der Waals surface area contributed by atoms with Crippen LogP contribution in [0.15, 0.2) is 60.8 Å². The minimum atomic E-state index is -5.07. The van der Waals surface area contributed by atoms with E-state index in [0.29, 0.717) is 13.0 Å². The molecule has 0 amide bonds. The van der Waals surface area contributed by atoms with Crippen LogP contribution in [0.1, 0.15) is 142 Å². The molecule has 0 aromatic heterocycles. The van der Waals surface area contributed by atoms with Gasteiger partial charge in [0.05, 0.1) is 19.8 Å². The van der Waals surface area contributed by atoms with Gasteiger partial charge in [-0.2, -0.15) is 8.42 Å². The van der Waals surface area contributed by atoms with E-state index in [2.05, 4.69) is 78.8 Å². The molecule has 0 bridgehead atoms. The Morgan fingerprint density at radius 3 is 1.80 bits per heavy atom. The molecule has 1 saturated heterocycles. The third-order valence-electron chi connectivity index (χ3n) is 9.10. The summed E-state index contributed by atoms with van der Waals surface area (Å²) in [5.41, 5.74) is 0.